The topological polar surface area (TPSA) is 85.3 Å². The molecule has 1 saturated carbocycles. The predicted molar refractivity (Wildman–Crippen MR) is 186 cm³/mol. The highest BCUT2D eigenvalue weighted by Gasteiger charge is 2.56. The summed E-state index contributed by atoms with van der Waals surface area (Å²) in [6, 6.07) is 29.1. The van der Waals surface area contributed by atoms with Gasteiger partial charge in [0.2, 0.25) is 0 Å². The number of methoxy groups -OCH3 is 1. The summed E-state index contributed by atoms with van der Waals surface area (Å²) in [5.74, 6) is 1.03. The molecule has 5 rings (SSSR count). The summed E-state index contributed by atoms with van der Waals surface area (Å²) in [7, 11) is 1.46. The van der Waals surface area contributed by atoms with Crippen molar-refractivity contribution in [3.8, 4) is 11.8 Å². The van der Waals surface area contributed by atoms with E-state index < -0.39 is 0 Å². The number of nitrogens with zero attached hydrogens (tertiary/aromatic N) is 1. The average molecular weight is 617 g/mol. The summed E-state index contributed by atoms with van der Waals surface area (Å²) in [6.45, 7) is 5.27. The lowest BCUT2D eigenvalue weighted by Gasteiger charge is -2.37. The highest BCUT2D eigenvalue weighted by Crippen LogP contribution is 2.66. The first kappa shape index (κ1) is 33.2. The molecule has 0 heterocycles. The molecule has 0 aromatic heterocycles. The first-order chi connectivity index (χ1) is 22.5. The Hall–Kier alpha value is -4.14. The van der Waals surface area contributed by atoms with Crippen LogP contribution in [0.25, 0.3) is 11.1 Å². The Morgan fingerprint density at radius 3 is 2.33 bits per heavy atom. The number of rotatable bonds is 16. The summed E-state index contributed by atoms with van der Waals surface area (Å²) in [5, 5.41) is 9.17. The van der Waals surface area contributed by atoms with Crippen LogP contribution < -0.4 is 10.5 Å². The fourth-order valence-electron chi connectivity index (χ4n) is 7.80. The molecule has 2 N–H and O–H groups in total. The molecule has 2 aliphatic rings. The minimum Gasteiger partial charge on any atom is -0.488 e. The standard InChI is InChI=1S/C41H48N2O3/c1-30(35-18-13-14-19-38(35)46-29-32-23-21-31(28-42)22-24-32)41-26-25-37(43)36(41)27-34(40(41)33-15-10-8-11-16-33)17-9-6-4-3-5-7-12-20-39(44)45-2/h8,10-11,13-16,18-19,21-24,36-37H,1,3-7,9,12,17,20,25-27,29,43H2,2H3. The van der Waals surface area contributed by atoms with Crippen molar-refractivity contribution in [3.05, 3.63) is 113 Å². The summed E-state index contributed by atoms with van der Waals surface area (Å²) in [4.78, 5) is 11.3. The van der Waals surface area contributed by atoms with E-state index in [4.69, 9.17) is 27.0 Å². The van der Waals surface area contributed by atoms with Crippen LogP contribution in [-0.2, 0) is 16.1 Å². The average Bonchev–Trinajstić information content (AvgIpc) is 3.60. The van der Waals surface area contributed by atoms with Gasteiger partial charge in [-0.3, -0.25) is 4.79 Å². The Labute approximate surface area is 275 Å². The van der Waals surface area contributed by atoms with E-state index in [1.54, 1.807) is 5.57 Å². The zero-order valence-corrected chi connectivity index (χ0v) is 27.3. The van der Waals surface area contributed by atoms with Crippen molar-refractivity contribution in [1.29, 1.82) is 5.26 Å². The highest BCUT2D eigenvalue weighted by atomic mass is 16.5. The summed E-state index contributed by atoms with van der Waals surface area (Å²) in [6.07, 6.45) is 12.6. The summed E-state index contributed by atoms with van der Waals surface area (Å²) >= 11 is 0. The molecule has 3 aromatic rings. The van der Waals surface area contributed by atoms with Crippen molar-refractivity contribution in [3.63, 3.8) is 0 Å². The number of nitriles is 1. The number of allylic oxidation sites excluding steroid dienone is 3. The monoisotopic (exact) mass is 616 g/mol. The number of hydrogen-bond donors (Lipinski definition) is 1. The zero-order valence-electron chi connectivity index (χ0n) is 27.3. The number of esters is 1. The van der Waals surface area contributed by atoms with Gasteiger partial charge in [0, 0.05) is 23.4 Å². The molecule has 5 heteroatoms. The van der Waals surface area contributed by atoms with Crippen molar-refractivity contribution >= 4 is 17.1 Å². The number of carbonyl (C=O) groups is 1. The minimum absolute atomic E-state index is 0.108. The van der Waals surface area contributed by atoms with Gasteiger partial charge in [-0.2, -0.15) is 5.26 Å². The molecule has 0 spiro atoms. The van der Waals surface area contributed by atoms with Gasteiger partial charge < -0.3 is 15.2 Å². The molecule has 2 aliphatic carbocycles. The zero-order chi connectivity index (χ0) is 32.4. The van der Waals surface area contributed by atoms with Gasteiger partial charge in [0.15, 0.2) is 0 Å². The summed E-state index contributed by atoms with van der Waals surface area (Å²) < 4.78 is 11.2. The quantitative estimate of drug-likeness (QED) is 0.128. The van der Waals surface area contributed by atoms with Crippen molar-refractivity contribution < 1.29 is 14.3 Å². The van der Waals surface area contributed by atoms with E-state index in [1.807, 2.05) is 36.4 Å². The van der Waals surface area contributed by atoms with Crippen LogP contribution in [0, 0.1) is 22.7 Å². The molecule has 240 valence electrons. The lowest BCUT2D eigenvalue weighted by molar-refractivity contribution is -0.140. The molecule has 1 fully saturated rings. The number of para-hydroxylation sites is 1. The van der Waals surface area contributed by atoms with Crippen molar-refractivity contribution in [2.45, 2.75) is 89.7 Å². The molecule has 3 atom stereocenters. The molecular weight excluding hydrogens is 568 g/mol. The lowest BCUT2D eigenvalue weighted by Crippen LogP contribution is -2.33. The number of benzene rings is 3. The van der Waals surface area contributed by atoms with E-state index in [9.17, 15) is 4.79 Å². The fourth-order valence-corrected chi connectivity index (χ4v) is 7.80. The summed E-state index contributed by atoms with van der Waals surface area (Å²) in [5.41, 5.74) is 14.8. The molecule has 3 unspecified atom stereocenters. The van der Waals surface area contributed by atoms with Gasteiger partial charge in [0.05, 0.1) is 18.7 Å². The van der Waals surface area contributed by atoms with Crippen LogP contribution in [-0.4, -0.2) is 19.1 Å². The Bertz CT molecular complexity index is 1550. The lowest BCUT2D eigenvalue weighted by atomic mass is 9.66. The van der Waals surface area contributed by atoms with Crippen LogP contribution in [0.3, 0.4) is 0 Å². The van der Waals surface area contributed by atoms with E-state index in [0.29, 0.717) is 24.5 Å². The molecule has 3 aromatic carbocycles. The Kier molecular flexibility index (Phi) is 11.5. The largest absolute Gasteiger partial charge is 0.488 e. The van der Waals surface area contributed by atoms with E-state index in [-0.39, 0.29) is 17.4 Å². The predicted octanol–water partition coefficient (Wildman–Crippen LogP) is 9.42. The molecule has 5 nitrogen and oxygen atoms in total. The second-order valence-corrected chi connectivity index (χ2v) is 13.0. The number of hydrogen-bond acceptors (Lipinski definition) is 5. The third-order valence-electron chi connectivity index (χ3n) is 10.2. The van der Waals surface area contributed by atoms with Gasteiger partial charge in [-0.15, -0.1) is 0 Å². The smallest absolute Gasteiger partial charge is 0.305 e. The normalized spacial score (nSPS) is 20.3. The Balaban J connectivity index is 1.34. The van der Waals surface area contributed by atoms with Gasteiger partial charge in [-0.05, 0) is 84.9 Å². The molecule has 0 aliphatic heterocycles. The Morgan fingerprint density at radius 1 is 0.935 bits per heavy atom. The van der Waals surface area contributed by atoms with E-state index in [1.165, 1.54) is 50.4 Å². The van der Waals surface area contributed by atoms with Crippen LogP contribution in [0.4, 0.5) is 0 Å². The van der Waals surface area contributed by atoms with Crippen LogP contribution in [0.1, 0.15) is 99.3 Å². The van der Waals surface area contributed by atoms with Gasteiger partial charge >= 0.3 is 5.97 Å². The number of nitrogens with two attached hydrogens (primary N) is 1. The number of carbonyl (C=O) groups excluding carboxylic acids is 1. The second kappa shape index (κ2) is 15.9. The van der Waals surface area contributed by atoms with Crippen LogP contribution in [0.15, 0.2) is 91.0 Å². The van der Waals surface area contributed by atoms with Gasteiger partial charge in [0.1, 0.15) is 12.4 Å². The van der Waals surface area contributed by atoms with E-state index in [0.717, 1.165) is 61.0 Å². The highest BCUT2D eigenvalue weighted by molar-refractivity contribution is 5.91. The first-order valence-corrected chi connectivity index (χ1v) is 17.0. The molecule has 0 radical (unpaired) electrons. The minimum atomic E-state index is -0.232. The Morgan fingerprint density at radius 2 is 1.61 bits per heavy atom. The second-order valence-electron chi connectivity index (χ2n) is 13.0. The molecule has 46 heavy (non-hydrogen) atoms. The van der Waals surface area contributed by atoms with Gasteiger partial charge in [-0.25, -0.2) is 0 Å². The van der Waals surface area contributed by atoms with Crippen LogP contribution in [0.5, 0.6) is 5.75 Å². The fraction of sp³-hybridized carbons (Fsp3) is 0.415. The molecule has 0 saturated heterocycles. The molecule has 0 amide bonds. The first-order valence-electron chi connectivity index (χ1n) is 17.0. The molecule has 0 bridgehead atoms. The maximum Gasteiger partial charge on any atom is 0.305 e. The maximum atomic E-state index is 11.3. The maximum absolute atomic E-state index is 11.3. The number of unbranched alkanes of at least 4 members (excludes halogenated alkanes) is 6. The van der Waals surface area contributed by atoms with Crippen molar-refractivity contribution in [2.75, 3.05) is 7.11 Å². The van der Waals surface area contributed by atoms with Crippen molar-refractivity contribution in [2.24, 2.45) is 17.1 Å². The SMILES string of the molecule is C=C(c1ccccc1OCc1ccc(C#N)cc1)C12CCC(N)C1CC(CCCCCCCCCC(=O)OC)=C2c1ccccc1. The number of fused-ring (bicyclic) bond motifs is 1. The third kappa shape index (κ3) is 7.45. The van der Waals surface area contributed by atoms with Crippen LogP contribution in [0.2, 0.25) is 0 Å². The van der Waals surface area contributed by atoms with Gasteiger partial charge in [0.25, 0.3) is 0 Å². The van der Waals surface area contributed by atoms with E-state index >= 15 is 0 Å². The van der Waals surface area contributed by atoms with Crippen LogP contribution >= 0.6 is 0 Å². The van der Waals surface area contributed by atoms with E-state index in [2.05, 4.69) is 48.5 Å². The molecular formula is C41H48N2O3. The van der Waals surface area contributed by atoms with Gasteiger partial charge in [-0.1, -0.05) is 105 Å². The third-order valence-corrected chi connectivity index (χ3v) is 10.2. The van der Waals surface area contributed by atoms with Crippen molar-refractivity contribution in [1.82, 2.24) is 0 Å². The number of ether oxygens (including phenoxy) is 2.